The third-order valence-corrected chi connectivity index (χ3v) is 28.5. The number of carboxylic acid groups (broad SMARTS) is 1. The Morgan fingerprint density at radius 3 is 1.55 bits per heavy atom. The molecule has 41 nitrogen and oxygen atoms in total. The van der Waals surface area contributed by atoms with E-state index in [0.29, 0.717) is 18.3 Å². The zero-order chi connectivity index (χ0) is 84.8. The van der Waals surface area contributed by atoms with E-state index in [2.05, 4.69) is 0 Å². The lowest BCUT2D eigenvalue weighted by Crippen LogP contribution is -2.71. The molecule has 4 saturated carbocycles. The molecule has 12 fully saturated rings. The summed E-state index contributed by atoms with van der Waals surface area (Å²) in [5.74, 6) is -5.21. The second-order valence-electron chi connectivity index (χ2n) is 36.1. The Balaban J connectivity index is 0.774. The number of aliphatic carboxylic acids is 1. The molecule has 0 spiro atoms. The van der Waals surface area contributed by atoms with Gasteiger partial charge in [-0.2, -0.15) is 0 Å². The van der Waals surface area contributed by atoms with E-state index in [1.54, 1.807) is 13.0 Å². The lowest BCUT2D eigenvalue weighted by molar-refractivity contribution is -0.391. The fourth-order valence-electron chi connectivity index (χ4n) is 21.5. The normalized spacial score (nSPS) is 55.6. The average molecular weight is 1680 g/mol. The predicted molar refractivity (Wildman–Crippen MR) is 375 cm³/mol. The Kier molecular flexibility index (Phi) is 26.6. The molecule has 664 valence electrons. The van der Waals surface area contributed by atoms with Gasteiger partial charge < -0.3 is 193 Å². The molecule has 8 heterocycles. The fourth-order valence-corrected chi connectivity index (χ4v) is 21.5. The number of hydrogen-bond donors (Lipinski definition) is 22. The van der Waals surface area contributed by atoms with Gasteiger partial charge in [0.2, 0.25) is 6.29 Å². The van der Waals surface area contributed by atoms with E-state index in [9.17, 15) is 122 Å². The molecule has 0 bridgehead atoms. The molecule has 0 unspecified atom stereocenters. The Hall–Kier alpha value is -3.09. The third kappa shape index (κ3) is 15.6. The first-order chi connectivity index (χ1) is 54.3. The molecule has 0 aromatic heterocycles. The molecule has 0 amide bonds. The van der Waals surface area contributed by atoms with Crippen LogP contribution in [-0.2, 0) is 90.2 Å². The van der Waals surface area contributed by atoms with Crippen LogP contribution in [0.1, 0.15) is 114 Å². The number of carboxylic acids is 1. The van der Waals surface area contributed by atoms with Crippen LogP contribution in [0.5, 0.6) is 0 Å². The SMILES string of the molecule is C[C@@H]1O[C@@H](O[C@H]2[C@H](OC(=O)[C@]34CCC(C)(C)C[C@H]3C3=C[C@@H](O)[C@@H]5[C@@]6(C)CC[C@H](O[C@@H]7O[C@H](C(=O)O)[C@@H](O)[C@H](O[C@@H]8OC[C@@H](O)[C@H](O)[C@H]8O)[C@H]7O[C@@H]7O[C@H](CO)[C@H](O)[C@H](O)[C@H]7O)[C@@](C)(C=O)[C@@H]6CC[C@@]5(C)[C@]3(C)C[C@H]4O)O[C@H](C)[C@H](O[C@@H]3O[C@H](C)[C@@H](O)[C@H](O)[C@H]3O)[C@@H]2O)[C@H](O)[C@H](O)[C@H]1O[C@@H]1OC[C@@H](O)[C@H](O[C@@H]2OC[C@@H](O)[C@H](O)[C@H]2O)[C@H]1O. The van der Waals surface area contributed by atoms with Crippen molar-refractivity contribution < 1.29 is 203 Å². The van der Waals surface area contributed by atoms with E-state index in [1.807, 2.05) is 34.6 Å². The van der Waals surface area contributed by atoms with Crippen molar-refractivity contribution in [2.45, 2.75) is 359 Å². The zero-order valence-corrected chi connectivity index (χ0v) is 65.6. The maximum absolute atomic E-state index is 16.2. The van der Waals surface area contributed by atoms with Crippen molar-refractivity contribution in [2.24, 2.45) is 50.2 Å². The molecule has 8 aliphatic heterocycles. The van der Waals surface area contributed by atoms with Crippen LogP contribution in [0.25, 0.3) is 0 Å². The second-order valence-corrected chi connectivity index (χ2v) is 36.1. The fraction of sp³-hybridized carbons (Fsp3) is 0.933. The Morgan fingerprint density at radius 1 is 0.457 bits per heavy atom. The predicted octanol–water partition coefficient (Wildman–Crippen LogP) is -8.53. The number of aliphatic hydroxyl groups is 21. The molecule has 48 atom stereocenters. The van der Waals surface area contributed by atoms with Gasteiger partial charge in [-0.15, -0.1) is 0 Å². The minimum absolute atomic E-state index is 0.0232. The van der Waals surface area contributed by atoms with Gasteiger partial charge in [-0.3, -0.25) is 4.79 Å². The molecule has 22 N–H and O–H groups in total. The number of allylic oxidation sites excluding steroid dienone is 1. The molecule has 0 radical (unpaired) electrons. The Labute approximate surface area is 666 Å². The van der Waals surface area contributed by atoms with Crippen LogP contribution in [0, 0.1) is 50.2 Å². The molecular formula is C75H118O41. The molecule has 8 saturated heterocycles. The van der Waals surface area contributed by atoms with Gasteiger partial charge in [-0.05, 0) is 106 Å². The molecule has 13 aliphatic rings. The van der Waals surface area contributed by atoms with Crippen LogP contribution in [-0.4, -0.2) is 403 Å². The van der Waals surface area contributed by atoms with Crippen molar-refractivity contribution in [2.75, 3.05) is 26.4 Å². The molecule has 0 aromatic rings. The van der Waals surface area contributed by atoms with Crippen LogP contribution in [0.2, 0.25) is 0 Å². The highest BCUT2D eigenvalue weighted by Gasteiger charge is 2.75. The smallest absolute Gasteiger partial charge is 0.335 e. The van der Waals surface area contributed by atoms with E-state index < -0.39 is 334 Å². The van der Waals surface area contributed by atoms with Crippen molar-refractivity contribution >= 4 is 18.2 Å². The summed E-state index contributed by atoms with van der Waals surface area (Å²) >= 11 is 0. The van der Waals surface area contributed by atoms with E-state index in [1.165, 1.54) is 20.8 Å². The highest BCUT2D eigenvalue weighted by molar-refractivity contribution is 5.80. The van der Waals surface area contributed by atoms with Crippen LogP contribution >= 0.6 is 0 Å². The third-order valence-electron chi connectivity index (χ3n) is 28.5. The lowest BCUT2D eigenvalue weighted by Gasteiger charge is -2.72. The number of aldehydes is 1. The summed E-state index contributed by atoms with van der Waals surface area (Å²) in [4.78, 5) is 43.6. The molecule has 116 heavy (non-hydrogen) atoms. The summed E-state index contributed by atoms with van der Waals surface area (Å²) in [5.41, 5.74) is -6.52. The zero-order valence-electron chi connectivity index (χ0n) is 65.6. The van der Waals surface area contributed by atoms with E-state index >= 15 is 4.79 Å². The number of rotatable bonds is 19. The van der Waals surface area contributed by atoms with Gasteiger partial charge in [0.05, 0.1) is 68.5 Å². The summed E-state index contributed by atoms with van der Waals surface area (Å²) in [6.45, 7) is 13.0. The van der Waals surface area contributed by atoms with Gasteiger partial charge in [0.15, 0.2) is 56.2 Å². The van der Waals surface area contributed by atoms with E-state index in [0.717, 1.165) is 0 Å². The van der Waals surface area contributed by atoms with Gasteiger partial charge in [0.1, 0.15) is 158 Å². The maximum Gasteiger partial charge on any atom is 0.335 e. The number of hydrogen-bond acceptors (Lipinski definition) is 40. The minimum atomic E-state index is -2.27. The van der Waals surface area contributed by atoms with Crippen molar-refractivity contribution in [3.8, 4) is 0 Å². The van der Waals surface area contributed by atoms with E-state index in [4.69, 9.17) is 75.8 Å². The number of ether oxygens (including phenoxy) is 16. The number of carbonyl (C=O) groups excluding carboxylic acids is 2. The number of esters is 1. The molecule has 0 aromatic carbocycles. The standard InChI is InChI=1S/C75H118O41/c1-24-37(83)41(87)46(92)64(104-24)110-53-26(3)106-67(57(49(53)95)114-65-48(94)43(89)52(25(2)105-65)109-63-51(97)54(32(81)22-103-63)111-61-44(90)38(84)30(79)20-101-61)116-69(100)75-15-14-70(4,5)17-28(75)27-16-29(78)59-71(6)12-11-36(72(7,23-77)34(71)10-13-73(59,8)74(27,9)18-35(75)82)108-68-58(115-66-47(93)42(88)40(86)33(19-76)107-66)55(50(96)56(113-68)60(98)99)112-62-45(91)39(85)31(80)21-102-62/h16,23-26,28-59,61-68,76,78-97H,10-15,17-22H2,1-9H3,(H,98,99)/t24-,25+,26-,28+,29-,30-,31-,32-,33-,34-,35-,36+,37-,38+,39+,40+,41+,42+,43+,44-,45-,46-,47-,48-,49+,50+,51-,52+,53+,54+,55+,56+,57-,58-,59-,61+,62+,63+,64+,65+,66+,67+,68-,71+,72+,73-,74-,75-/m1/s1. The maximum atomic E-state index is 16.2. The van der Waals surface area contributed by atoms with Crippen molar-refractivity contribution in [1.29, 1.82) is 0 Å². The summed E-state index contributed by atoms with van der Waals surface area (Å²) < 4.78 is 96.1. The van der Waals surface area contributed by atoms with Gasteiger partial charge in [0.25, 0.3) is 0 Å². The topological polar surface area (TPSA) is 644 Å². The summed E-state index contributed by atoms with van der Waals surface area (Å²) in [7, 11) is 0. The van der Waals surface area contributed by atoms with Crippen LogP contribution in [0.4, 0.5) is 0 Å². The summed E-state index contributed by atoms with van der Waals surface area (Å²) in [6.07, 6.45) is -68.7. The van der Waals surface area contributed by atoms with Crippen LogP contribution in [0.15, 0.2) is 11.6 Å². The van der Waals surface area contributed by atoms with Crippen molar-refractivity contribution in [3.05, 3.63) is 11.6 Å². The van der Waals surface area contributed by atoms with Crippen molar-refractivity contribution in [1.82, 2.24) is 0 Å². The van der Waals surface area contributed by atoms with Gasteiger partial charge in [0, 0.05) is 5.92 Å². The molecule has 5 aliphatic carbocycles. The van der Waals surface area contributed by atoms with E-state index in [-0.39, 0.29) is 44.9 Å². The van der Waals surface area contributed by atoms with Crippen molar-refractivity contribution in [3.63, 3.8) is 0 Å². The first kappa shape index (κ1) is 90.6. The average Bonchev–Trinajstić information content (AvgIpc) is 0.664. The summed E-state index contributed by atoms with van der Waals surface area (Å²) in [5, 5.41) is 246. The Morgan fingerprint density at radius 2 is 0.957 bits per heavy atom. The first-order valence-corrected chi connectivity index (χ1v) is 39.9. The minimum Gasteiger partial charge on any atom is -0.479 e. The highest BCUT2D eigenvalue weighted by Crippen LogP contribution is 2.76. The molecule has 13 rings (SSSR count). The van der Waals surface area contributed by atoms with Gasteiger partial charge >= 0.3 is 11.9 Å². The number of aliphatic hydroxyl groups excluding tert-OH is 21. The number of carbonyl (C=O) groups is 3. The lowest BCUT2D eigenvalue weighted by atomic mass is 9.32. The van der Waals surface area contributed by atoms with Crippen LogP contribution in [0.3, 0.4) is 0 Å². The number of fused-ring (bicyclic) bond motifs is 7. The van der Waals surface area contributed by atoms with Gasteiger partial charge in [-0.1, -0.05) is 53.2 Å². The van der Waals surface area contributed by atoms with Gasteiger partial charge in [-0.25, -0.2) is 4.79 Å². The highest BCUT2D eigenvalue weighted by atomic mass is 16.8. The first-order valence-electron chi connectivity index (χ1n) is 39.9. The molecular weight excluding hydrogens is 1560 g/mol. The monoisotopic (exact) mass is 1670 g/mol. The largest absolute Gasteiger partial charge is 0.479 e. The summed E-state index contributed by atoms with van der Waals surface area (Å²) in [6, 6.07) is 0. The molecule has 41 heteroatoms. The Bertz CT molecular complexity index is 3440. The van der Waals surface area contributed by atoms with Crippen LogP contribution < -0.4 is 0 Å². The second kappa shape index (κ2) is 34.1. The quantitative estimate of drug-likeness (QED) is 0.0247.